The quantitative estimate of drug-likeness (QED) is 0.143. The van der Waals surface area contributed by atoms with E-state index in [-0.39, 0.29) is 23.0 Å². The van der Waals surface area contributed by atoms with Crippen LogP contribution in [0.4, 0.5) is 18.9 Å². The van der Waals surface area contributed by atoms with Crippen molar-refractivity contribution in [1.29, 1.82) is 0 Å². The summed E-state index contributed by atoms with van der Waals surface area (Å²) in [5.74, 6) is 0.610. The monoisotopic (exact) mass is 960 g/mol. The Balaban J connectivity index is 1.10. The lowest BCUT2D eigenvalue weighted by Crippen LogP contribution is -2.09. The van der Waals surface area contributed by atoms with Crippen molar-refractivity contribution in [1.82, 2.24) is 24.1 Å². The molecule has 0 amide bonds. The Kier molecular flexibility index (Phi) is 10.6. The number of aromatic nitrogens is 5. The highest BCUT2D eigenvalue weighted by Crippen LogP contribution is 2.43. The lowest BCUT2D eigenvalue weighted by molar-refractivity contribution is -0.137. The summed E-state index contributed by atoms with van der Waals surface area (Å²) < 4.78 is 49.6. The van der Waals surface area contributed by atoms with Crippen molar-refractivity contribution in [3.05, 3.63) is 254 Å². The Hall–Kier alpha value is -9.91. The van der Waals surface area contributed by atoms with Crippen LogP contribution in [-0.2, 0) is 6.18 Å². The van der Waals surface area contributed by atoms with E-state index in [0.29, 0.717) is 22.5 Å². The van der Waals surface area contributed by atoms with Gasteiger partial charge in [0.1, 0.15) is 0 Å². The lowest BCUT2D eigenvalue weighted by atomic mass is 10.00. The molecule has 0 N–H and O–H groups in total. The van der Waals surface area contributed by atoms with Crippen LogP contribution < -0.4 is 0 Å². The zero-order chi connectivity index (χ0) is 49.9. The van der Waals surface area contributed by atoms with E-state index in [1.807, 2.05) is 150 Å². The second-order valence-corrected chi connectivity index (χ2v) is 18.2. The maximum atomic E-state index is 15.1. The highest BCUT2D eigenvalue weighted by molar-refractivity contribution is 6.12. The first-order chi connectivity index (χ1) is 36.3. The molecule has 350 valence electrons. The standard InChI is InChI=1S/C65H39F3N6/c1-69-49-31-25-43(26-32-49)47-29-35-60(73-56-23-13-11-21-50(56)52-37-45(27-33-58(52)73)41-15-5-2-6-16-41)54(39-47)63-70-62(44-19-9-4-10-20-44)71-64(72-63)55-40-48(65(66,67)68)30-36-61(55)74-57-24-14-12-22-51(57)53-38-46(28-34-59(53)74)42-17-7-3-8-18-42/h2-40H. The van der Waals surface area contributed by atoms with Gasteiger partial charge in [-0.05, 0) is 100 Å². The topological polar surface area (TPSA) is 52.9 Å². The van der Waals surface area contributed by atoms with Crippen molar-refractivity contribution in [2.45, 2.75) is 6.18 Å². The molecule has 0 atom stereocenters. The number of hydrogen-bond donors (Lipinski definition) is 0. The van der Waals surface area contributed by atoms with Gasteiger partial charge in [0.15, 0.2) is 23.2 Å². The predicted octanol–water partition coefficient (Wildman–Crippen LogP) is 17.6. The molecule has 13 rings (SSSR count). The highest BCUT2D eigenvalue weighted by atomic mass is 19.4. The molecule has 9 heteroatoms. The summed E-state index contributed by atoms with van der Waals surface area (Å²) in [4.78, 5) is 19.3. The van der Waals surface area contributed by atoms with Crippen LogP contribution >= 0.6 is 0 Å². The fourth-order valence-corrected chi connectivity index (χ4v) is 10.3. The summed E-state index contributed by atoms with van der Waals surface area (Å²) in [6, 6.07) is 76.1. The number of halogens is 3. The van der Waals surface area contributed by atoms with Crippen LogP contribution in [0.15, 0.2) is 237 Å². The van der Waals surface area contributed by atoms with Gasteiger partial charge in [-0.25, -0.2) is 19.8 Å². The smallest absolute Gasteiger partial charge is 0.309 e. The Morgan fingerprint density at radius 3 is 1.24 bits per heavy atom. The van der Waals surface area contributed by atoms with Gasteiger partial charge in [-0.3, -0.25) is 0 Å². The molecule has 0 fully saturated rings. The minimum Gasteiger partial charge on any atom is -0.309 e. The van der Waals surface area contributed by atoms with Crippen LogP contribution in [0.2, 0.25) is 0 Å². The highest BCUT2D eigenvalue weighted by Gasteiger charge is 2.33. The number of rotatable bonds is 8. The lowest BCUT2D eigenvalue weighted by Gasteiger charge is -2.18. The zero-order valence-electron chi connectivity index (χ0n) is 39.3. The summed E-state index contributed by atoms with van der Waals surface area (Å²) in [5, 5.41) is 3.98. The minimum atomic E-state index is -4.68. The largest absolute Gasteiger partial charge is 0.416 e. The third kappa shape index (κ3) is 7.65. The number of hydrogen-bond acceptors (Lipinski definition) is 3. The summed E-state index contributed by atoms with van der Waals surface area (Å²) in [7, 11) is 0. The van der Waals surface area contributed by atoms with Crippen molar-refractivity contribution in [3.63, 3.8) is 0 Å². The van der Waals surface area contributed by atoms with Crippen molar-refractivity contribution in [3.8, 4) is 78.9 Å². The van der Waals surface area contributed by atoms with Crippen LogP contribution in [0, 0.1) is 6.57 Å². The minimum absolute atomic E-state index is 0.0641. The molecule has 3 aromatic heterocycles. The molecule has 0 aliphatic carbocycles. The fourth-order valence-electron chi connectivity index (χ4n) is 10.3. The van der Waals surface area contributed by atoms with E-state index < -0.39 is 11.7 Å². The second kappa shape index (κ2) is 17.7. The van der Waals surface area contributed by atoms with E-state index >= 15 is 13.2 Å². The molecule has 74 heavy (non-hydrogen) atoms. The molecule has 0 bridgehead atoms. The number of fused-ring (bicyclic) bond motifs is 6. The molecular formula is C65H39F3N6. The summed E-state index contributed by atoms with van der Waals surface area (Å²) >= 11 is 0. The maximum Gasteiger partial charge on any atom is 0.416 e. The Labute approximate surface area is 423 Å². The van der Waals surface area contributed by atoms with Gasteiger partial charge in [-0.15, -0.1) is 0 Å². The van der Waals surface area contributed by atoms with Gasteiger partial charge in [-0.2, -0.15) is 13.2 Å². The first kappa shape index (κ1) is 44.1. The van der Waals surface area contributed by atoms with Crippen molar-refractivity contribution < 1.29 is 13.2 Å². The van der Waals surface area contributed by atoms with Crippen LogP contribution in [0.5, 0.6) is 0 Å². The fraction of sp³-hybridized carbons (Fsp3) is 0.0154. The first-order valence-corrected chi connectivity index (χ1v) is 24.1. The van der Waals surface area contributed by atoms with E-state index in [4.69, 9.17) is 21.5 Å². The van der Waals surface area contributed by atoms with E-state index in [1.54, 1.807) is 12.1 Å². The zero-order valence-corrected chi connectivity index (χ0v) is 39.3. The van der Waals surface area contributed by atoms with Crippen molar-refractivity contribution in [2.24, 2.45) is 0 Å². The molecule has 0 saturated heterocycles. The Bertz CT molecular complexity index is 4340. The molecule has 0 saturated carbocycles. The summed E-state index contributed by atoms with van der Waals surface area (Å²) in [6.07, 6.45) is -4.68. The Morgan fingerprint density at radius 2 is 0.730 bits per heavy atom. The van der Waals surface area contributed by atoms with Gasteiger partial charge in [0, 0.05) is 38.2 Å². The molecule has 0 unspecified atom stereocenters. The van der Waals surface area contributed by atoms with Gasteiger partial charge < -0.3 is 9.13 Å². The van der Waals surface area contributed by atoms with Gasteiger partial charge >= 0.3 is 6.18 Å². The molecule has 6 nitrogen and oxygen atoms in total. The number of benzene rings is 10. The second-order valence-electron chi connectivity index (χ2n) is 18.2. The maximum absolute atomic E-state index is 15.1. The molecule has 0 aliphatic rings. The molecule has 10 aromatic carbocycles. The van der Waals surface area contributed by atoms with E-state index in [0.717, 1.165) is 94.8 Å². The van der Waals surface area contributed by atoms with Crippen LogP contribution in [0.1, 0.15) is 5.56 Å². The average Bonchev–Trinajstić information content (AvgIpc) is 3.97. The van der Waals surface area contributed by atoms with Gasteiger partial charge in [-0.1, -0.05) is 170 Å². The van der Waals surface area contributed by atoms with Crippen molar-refractivity contribution >= 4 is 49.3 Å². The third-order valence-corrected chi connectivity index (χ3v) is 13.8. The number of alkyl halides is 3. The van der Waals surface area contributed by atoms with Crippen LogP contribution in [0.25, 0.3) is 127 Å². The Morgan fingerprint density at radius 1 is 0.338 bits per heavy atom. The molecule has 3 heterocycles. The van der Waals surface area contributed by atoms with Gasteiger partial charge in [0.2, 0.25) is 0 Å². The van der Waals surface area contributed by atoms with Crippen LogP contribution in [0.3, 0.4) is 0 Å². The van der Waals surface area contributed by atoms with Crippen LogP contribution in [-0.4, -0.2) is 24.1 Å². The van der Waals surface area contributed by atoms with E-state index in [9.17, 15) is 0 Å². The molecule has 0 aliphatic heterocycles. The van der Waals surface area contributed by atoms with E-state index in [2.05, 4.69) is 70.1 Å². The third-order valence-electron chi connectivity index (χ3n) is 13.8. The van der Waals surface area contributed by atoms with Gasteiger partial charge in [0.05, 0.1) is 45.6 Å². The molecule has 0 spiro atoms. The molecular weight excluding hydrogens is 922 g/mol. The average molecular weight is 961 g/mol. The van der Waals surface area contributed by atoms with Crippen molar-refractivity contribution in [2.75, 3.05) is 0 Å². The van der Waals surface area contributed by atoms with Gasteiger partial charge in [0.25, 0.3) is 0 Å². The summed E-state index contributed by atoms with van der Waals surface area (Å²) in [6.45, 7) is 7.61. The molecule has 13 aromatic rings. The predicted molar refractivity (Wildman–Crippen MR) is 292 cm³/mol. The number of nitrogens with zero attached hydrogens (tertiary/aromatic N) is 6. The first-order valence-electron chi connectivity index (χ1n) is 24.1. The number of para-hydroxylation sites is 2. The molecule has 0 radical (unpaired) electrons. The summed E-state index contributed by atoms with van der Waals surface area (Å²) in [5.41, 5.74) is 11.8. The SMILES string of the molecule is [C-]#[N+]c1ccc(-c2ccc(-n3c4ccccc4c4cc(-c5ccccc5)ccc43)c(-c3nc(-c4ccccc4)nc(-c4cc(C(F)(F)F)ccc4-n4c5ccccc5c5cc(-c6ccccc6)ccc54)n3)c2)cc1. The van der Waals surface area contributed by atoms with E-state index in [1.165, 1.54) is 6.07 Å². The normalized spacial score (nSPS) is 11.7.